The monoisotopic (exact) mass is 102 g/mol. The van der Waals surface area contributed by atoms with E-state index in [2.05, 4.69) is 4.74 Å². The molecule has 1 aliphatic heterocycles. The summed E-state index contributed by atoms with van der Waals surface area (Å²) in [5.74, 6) is 0. The summed E-state index contributed by atoms with van der Waals surface area (Å²) in [6.45, 7) is 2.00. The number of ether oxygens (including phenoxy) is 1. The van der Waals surface area contributed by atoms with Crippen molar-refractivity contribution in [3.05, 3.63) is 0 Å². The van der Waals surface area contributed by atoms with Crippen molar-refractivity contribution in [1.29, 1.82) is 0 Å². The van der Waals surface area contributed by atoms with E-state index in [-0.39, 0.29) is 7.43 Å². The summed E-state index contributed by atoms with van der Waals surface area (Å²) in [5, 5.41) is 0. The van der Waals surface area contributed by atoms with Crippen molar-refractivity contribution in [2.75, 3.05) is 13.2 Å². The van der Waals surface area contributed by atoms with Crippen LogP contribution in [0.1, 0.15) is 26.7 Å². The average molecular weight is 102 g/mol. The highest BCUT2D eigenvalue weighted by molar-refractivity contribution is 4.50. The summed E-state index contributed by atoms with van der Waals surface area (Å²) in [7, 11) is 0. The van der Waals surface area contributed by atoms with Gasteiger partial charge in [-0.05, 0) is 0 Å². The van der Waals surface area contributed by atoms with E-state index in [1.165, 1.54) is 19.3 Å². The van der Waals surface area contributed by atoms with Crippen LogP contribution < -0.4 is 0 Å². The molecule has 0 aromatic heterocycles. The zero-order valence-electron chi connectivity index (χ0n) is 3.94. The van der Waals surface area contributed by atoms with Crippen molar-refractivity contribution in [2.45, 2.75) is 26.7 Å². The molecular formula is C6H14O. The standard InChI is InChI=1S/C3H6.C2H4O.CH4/c2*1-2-3-1;/h1-3H2;1-2H2;1H4. The lowest BCUT2D eigenvalue weighted by atomic mass is 11.0. The summed E-state index contributed by atoms with van der Waals surface area (Å²) in [6.07, 6.45) is 4.50. The van der Waals surface area contributed by atoms with Crippen LogP contribution in [0.4, 0.5) is 0 Å². The topological polar surface area (TPSA) is 12.5 Å². The second kappa shape index (κ2) is 4.13. The summed E-state index contributed by atoms with van der Waals surface area (Å²) in [5.41, 5.74) is 0. The number of rotatable bonds is 0. The van der Waals surface area contributed by atoms with Crippen LogP contribution in [0.3, 0.4) is 0 Å². The van der Waals surface area contributed by atoms with Gasteiger partial charge in [-0.3, -0.25) is 0 Å². The van der Waals surface area contributed by atoms with Gasteiger partial charge < -0.3 is 4.74 Å². The lowest BCUT2D eigenvalue weighted by Gasteiger charge is -1.24. The normalized spacial score (nSPS) is 20.6. The van der Waals surface area contributed by atoms with Gasteiger partial charge in [-0.15, -0.1) is 0 Å². The fourth-order valence-electron chi connectivity index (χ4n) is 0. The van der Waals surface area contributed by atoms with Gasteiger partial charge in [0.1, 0.15) is 0 Å². The third-order valence-electron chi connectivity index (χ3n) is 0.558. The molecule has 0 unspecified atom stereocenters. The first-order valence-corrected chi connectivity index (χ1v) is 2.58. The number of hydrogen-bond donors (Lipinski definition) is 0. The smallest absolute Gasteiger partial charge is 0.0701 e. The van der Waals surface area contributed by atoms with Gasteiger partial charge in [0, 0.05) is 0 Å². The van der Waals surface area contributed by atoms with Crippen LogP contribution in [-0.2, 0) is 4.74 Å². The molecule has 2 fully saturated rings. The first kappa shape index (κ1) is 6.96. The highest BCUT2D eigenvalue weighted by Gasteiger charge is 1.95. The predicted octanol–water partition coefficient (Wildman–Crippen LogP) is 1.82. The van der Waals surface area contributed by atoms with Crippen LogP contribution in [0.5, 0.6) is 0 Å². The highest BCUT2D eigenvalue weighted by atomic mass is 16.6. The Labute approximate surface area is 45.7 Å². The largest absolute Gasteiger partial charge is 0.377 e. The van der Waals surface area contributed by atoms with E-state index in [0.717, 1.165) is 13.2 Å². The fourth-order valence-corrected chi connectivity index (χ4v) is 0. The second-order valence-electron chi connectivity index (χ2n) is 1.67. The molecule has 0 N–H and O–H groups in total. The highest BCUT2D eigenvalue weighted by Crippen LogP contribution is 2.14. The fraction of sp³-hybridized carbons (Fsp3) is 1.00. The van der Waals surface area contributed by atoms with E-state index in [1.54, 1.807) is 0 Å². The van der Waals surface area contributed by atoms with Crippen molar-refractivity contribution in [1.82, 2.24) is 0 Å². The number of hydrogen-bond acceptors (Lipinski definition) is 1. The van der Waals surface area contributed by atoms with Gasteiger partial charge in [0.05, 0.1) is 13.2 Å². The van der Waals surface area contributed by atoms with E-state index in [1.807, 2.05) is 0 Å². The third kappa shape index (κ3) is 24.3. The molecule has 7 heavy (non-hydrogen) atoms. The molecule has 0 atom stereocenters. The summed E-state index contributed by atoms with van der Waals surface area (Å²) in [6, 6.07) is 0. The first-order valence-electron chi connectivity index (χ1n) is 2.58. The van der Waals surface area contributed by atoms with Crippen LogP contribution in [0.15, 0.2) is 0 Å². The minimum Gasteiger partial charge on any atom is -0.377 e. The molecule has 1 saturated heterocycles. The Balaban J connectivity index is 0.0000000900. The third-order valence-corrected chi connectivity index (χ3v) is 0.558. The van der Waals surface area contributed by atoms with Crippen LogP contribution in [0.25, 0.3) is 0 Å². The zero-order valence-corrected chi connectivity index (χ0v) is 3.94. The second-order valence-corrected chi connectivity index (χ2v) is 1.67. The first-order chi connectivity index (χ1) is 3.00. The van der Waals surface area contributed by atoms with Crippen molar-refractivity contribution in [3.8, 4) is 0 Å². The van der Waals surface area contributed by atoms with E-state index in [4.69, 9.17) is 0 Å². The van der Waals surface area contributed by atoms with E-state index in [9.17, 15) is 0 Å². The van der Waals surface area contributed by atoms with Crippen molar-refractivity contribution < 1.29 is 4.74 Å². The van der Waals surface area contributed by atoms with Gasteiger partial charge in [0.25, 0.3) is 0 Å². The van der Waals surface area contributed by atoms with Gasteiger partial charge in [0.15, 0.2) is 0 Å². The molecule has 2 aliphatic rings. The van der Waals surface area contributed by atoms with Gasteiger partial charge in [-0.2, -0.15) is 0 Å². The maximum atomic E-state index is 4.50. The van der Waals surface area contributed by atoms with Gasteiger partial charge in [0.2, 0.25) is 0 Å². The molecule has 1 nitrogen and oxygen atoms in total. The molecular weight excluding hydrogens is 88.1 g/mol. The molecule has 1 saturated carbocycles. The lowest BCUT2D eigenvalue weighted by molar-refractivity contribution is 0.475. The summed E-state index contributed by atoms with van der Waals surface area (Å²) < 4.78 is 4.50. The molecule has 0 radical (unpaired) electrons. The molecule has 1 heterocycles. The number of epoxide rings is 1. The van der Waals surface area contributed by atoms with E-state index < -0.39 is 0 Å². The summed E-state index contributed by atoms with van der Waals surface area (Å²) in [4.78, 5) is 0. The predicted molar refractivity (Wildman–Crippen MR) is 31.4 cm³/mol. The Morgan fingerprint density at radius 2 is 1.14 bits per heavy atom. The van der Waals surface area contributed by atoms with Crippen LogP contribution in [-0.4, -0.2) is 13.2 Å². The van der Waals surface area contributed by atoms with Gasteiger partial charge >= 0.3 is 0 Å². The molecule has 0 amide bonds. The Kier molecular flexibility index (Phi) is 4.10. The van der Waals surface area contributed by atoms with E-state index >= 15 is 0 Å². The molecule has 0 aromatic rings. The van der Waals surface area contributed by atoms with Crippen LogP contribution >= 0.6 is 0 Å². The van der Waals surface area contributed by atoms with Crippen molar-refractivity contribution in [3.63, 3.8) is 0 Å². The Hall–Kier alpha value is -0.0400. The van der Waals surface area contributed by atoms with Crippen LogP contribution in [0, 0.1) is 0 Å². The van der Waals surface area contributed by atoms with Gasteiger partial charge in [-0.25, -0.2) is 0 Å². The van der Waals surface area contributed by atoms with E-state index in [0.29, 0.717) is 0 Å². The quantitative estimate of drug-likeness (QED) is 0.425. The van der Waals surface area contributed by atoms with Crippen molar-refractivity contribution in [2.24, 2.45) is 0 Å². The SMILES string of the molecule is C.C1CC1.C1CO1. The van der Waals surface area contributed by atoms with Gasteiger partial charge in [-0.1, -0.05) is 26.7 Å². The maximum absolute atomic E-state index is 4.50. The maximum Gasteiger partial charge on any atom is 0.0701 e. The summed E-state index contributed by atoms with van der Waals surface area (Å²) >= 11 is 0. The molecule has 1 heteroatoms. The lowest BCUT2D eigenvalue weighted by Crippen LogP contribution is -1.20. The molecule has 44 valence electrons. The molecule has 0 aromatic carbocycles. The zero-order chi connectivity index (χ0) is 4.24. The molecule has 2 rings (SSSR count). The minimum atomic E-state index is 0. The average Bonchev–Trinajstić information content (AvgIpc) is 2.31. The Morgan fingerprint density at radius 1 is 0.857 bits per heavy atom. The van der Waals surface area contributed by atoms with Crippen LogP contribution in [0.2, 0.25) is 0 Å². The Morgan fingerprint density at radius 3 is 1.14 bits per heavy atom. The Bertz CT molecular complexity index is 19.7. The van der Waals surface area contributed by atoms with Crippen molar-refractivity contribution >= 4 is 0 Å². The molecule has 0 spiro atoms. The molecule has 1 aliphatic carbocycles. The minimum absolute atomic E-state index is 0. The molecule has 0 bridgehead atoms.